The molecule has 176 valence electrons. The fourth-order valence-corrected chi connectivity index (χ4v) is 3.68. The summed E-state index contributed by atoms with van der Waals surface area (Å²) in [6.45, 7) is 0.0933. The Morgan fingerprint density at radius 3 is 2.59 bits per heavy atom. The SMILES string of the molecule is O=C(NCc1ccco1)c1ccccc1NC(=O)[C@H]1CC(=O)N(c2cccc(C(F)(F)F)c2)C1. The lowest BCUT2D eigenvalue weighted by atomic mass is 10.1. The van der Waals surface area contributed by atoms with Gasteiger partial charge in [-0.05, 0) is 42.5 Å². The van der Waals surface area contributed by atoms with E-state index in [-0.39, 0.29) is 36.4 Å². The van der Waals surface area contributed by atoms with Crippen LogP contribution in [-0.4, -0.2) is 24.3 Å². The van der Waals surface area contributed by atoms with Crippen LogP contribution in [0.2, 0.25) is 0 Å². The van der Waals surface area contributed by atoms with Crippen molar-refractivity contribution in [2.24, 2.45) is 5.92 Å². The van der Waals surface area contributed by atoms with Crippen molar-refractivity contribution in [1.82, 2.24) is 5.32 Å². The molecule has 1 aliphatic rings. The van der Waals surface area contributed by atoms with Crippen molar-refractivity contribution in [3.63, 3.8) is 0 Å². The lowest BCUT2D eigenvalue weighted by Crippen LogP contribution is -2.29. The van der Waals surface area contributed by atoms with Crippen LogP contribution >= 0.6 is 0 Å². The lowest BCUT2D eigenvalue weighted by molar-refractivity contribution is -0.137. The molecule has 1 fully saturated rings. The molecule has 3 aromatic rings. The van der Waals surface area contributed by atoms with Gasteiger partial charge >= 0.3 is 6.18 Å². The Morgan fingerprint density at radius 2 is 1.85 bits per heavy atom. The molecule has 0 unspecified atom stereocenters. The Bertz CT molecular complexity index is 1210. The molecule has 4 rings (SSSR count). The van der Waals surface area contributed by atoms with Crippen molar-refractivity contribution < 1.29 is 32.0 Å². The van der Waals surface area contributed by atoms with Gasteiger partial charge in [0.05, 0.1) is 35.5 Å². The summed E-state index contributed by atoms with van der Waals surface area (Å²) in [5, 5.41) is 5.37. The molecular weight excluding hydrogens is 451 g/mol. The average molecular weight is 471 g/mol. The number of amides is 3. The van der Waals surface area contributed by atoms with Crippen LogP contribution in [0.1, 0.15) is 28.1 Å². The highest BCUT2D eigenvalue weighted by Gasteiger charge is 2.37. The predicted molar refractivity (Wildman–Crippen MR) is 117 cm³/mol. The van der Waals surface area contributed by atoms with Crippen LogP contribution < -0.4 is 15.5 Å². The molecule has 3 amide bonds. The first kappa shape index (κ1) is 23.1. The van der Waals surface area contributed by atoms with Crippen LogP contribution in [0.25, 0.3) is 0 Å². The van der Waals surface area contributed by atoms with Gasteiger partial charge in [0.1, 0.15) is 5.76 Å². The third-order valence-electron chi connectivity index (χ3n) is 5.41. The highest BCUT2D eigenvalue weighted by atomic mass is 19.4. The van der Waals surface area contributed by atoms with Crippen molar-refractivity contribution in [3.05, 3.63) is 83.8 Å². The molecule has 10 heteroatoms. The number of benzene rings is 2. The minimum absolute atomic E-state index is 0.0706. The van der Waals surface area contributed by atoms with E-state index in [1.807, 2.05) is 0 Å². The molecule has 34 heavy (non-hydrogen) atoms. The normalized spacial score (nSPS) is 15.9. The molecule has 1 saturated heterocycles. The first-order valence-electron chi connectivity index (χ1n) is 10.4. The zero-order chi connectivity index (χ0) is 24.3. The first-order chi connectivity index (χ1) is 16.2. The van der Waals surface area contributed by atoms with Gasteiger partial charge in [0.25, 0.3) is 5.91 Å². The topological polar surface area (TPSA) is 91.6 Å². The number of para-hydroxylation sites is 1. The second-order valence-corrected chi connectivity index (χ2v) is 7.75. The van der Waals surface area contributed by atoms with E-state index in [1.165, 1.54) is 23.3 Å². The molecule has 2 heterocycles. The zero-order valence-electron chi connectivity index (χ0n) is 17.8. The second-order valence-electron chi connectivity index (χ2n) is 7.75. The Kier molecular flexibility index (Phi) is 6.40. The largest absolute Gasteiger partial charge is 0.467 e. The van der Waals surface area contributed by atoms with Crippen LogP contribution in [0.3, 0.4) is 0 Å². The van der Waals surface area contributed by atoms with Gasteiger partial charge in [-0.2, -0.15) is 13.2 Å². The van der Waals surface area contributed by atoms with Crippen LogP contribution in [0.15, 0.2) is 71.3 Å². The van der Waals surface area contributed by atoms with Crippen molar-refractivity contribution in [2.75, 3.05) is 16.8 Å². The summed E-state index contributed by atoms with van der Waals surface area (Å²) in [7, 11) is 0. The van der Waals surface area contributed by atoms with E-state index in [0.717, 1.165) is 12.1 Å². The van der Waals surface area contributed by atoms with Gasteiger partial charge in [-0.15, -0.1) is 0 Å². The summed E-state index contributed by atoms with van der Waals surface area (Å²) in [6.07, 6.45) is -3.22. The summed E-state index contributed by atoms with van der Waals surface area (Å²) >= 11 is 0. The Hall–Kier alpha value is -4.08. The van der Waals surface area contributed by atoms with Crippen molar-refractivity contribution in [3.8, 4) is 0 Å². The molecule has 0 aliphatic carbocycles. The Balaban J connectivity index is 1.44. The average Bonchev–Trinajstić information content (AvgIpc) is 3.47. The van der Waals surface area contributed by atoms with E-state index >= 15 is 0 Å². The van der Waals surface area contributed by atoms with Crippen LogP contribution in [0, 0.1) is 5.92 Å². The molecule has 0 bridgehead atoms. The maximum atomic E-state index is 13.0. The van der Waals surface area contributed by atoms with E-state index in [9.17, 15) is 27.6 Å². The van der Waals surface area contributed by atoms with Crippen LogP contribution in [-0.2, 0) is 22.3 Å². The summed E-state index contributed by atoms with van der Waals surface area (Å²) in [6, 6.07) is 14.2. The maximum Gasteiger partial charge on any atom is 0.416 e. The van der Waals surface area contributed by atoms with E-state index < -0.39 is 35.4 Å². The molecule has 0 saturated carbocycles. The second kappa shape index (κ2) is 9.42. The first-order valence-corrected chi connectivity index (χ1v) is 10.4. The van der Waals surface area contributed by atoms with E-state index in [2.05, 4.69) is 10.6 Å². The standard InChI is InChI=1S/C24H20F3N3O4/c25-24(26,27)16-5-3-6-17(12-16)30-14-15(11-21(30)31)22(32)29-20-9-2-1-8-19(20)23(33)28-13-18-7-4-10-34-18/h1-10,12,15H,11,13-14H2,(H,28,33)(H,29,32)/t15-/m0/s1. The maximum absolute atomic E-state index is 13.0. The number of alkyl halides is 3. The van der Waals surface area contributed by atoms with Gasteiger partial charge in [-0.1, -0.05) is 18.2 Å². The summed E-state index contributed by atoms with van der Waals surface area (Å²) in [5.74, 6) is -1.62. The monoisotopic (exact) mass is 471 g/mol. The highest BCUT2D eigenvalue weighted by Crippen LogP contribution is 2.33. The number of furan rings is 1. The molecule has 2 N–H and O–H groups in total. The number of carbonyl (C=O) groups excluding carboxylic acids is 3. The summed E-state index contributed by atoms with van der Waals surface area (Å²) in [4.78, 5) is 39.1. The van der Waals surface area contributed by atoms with Gasteiger partial charge in [-0.3, -0.25) is 14.4 Å². The minimum atomic E-state index is -4.54. The number of hydrogen-bond acceptors (Lipinski definition) is 4. The Labute approximate surface area is 192 Å². The third kappa shape index (κ3) is 5.11. The molecule has 7 nitrogen and oxygen atoms in total. The smallest absolute Gasteiger partial charge is 0.416 e. The lowest BCUT2D eigenvalue weighted by Gasteiger charge is -2.18. The number of halogens is 3. The van der Waals surface area contributed by atoms with Gasteiger partial charge in [0.15, 0.2) is 0 Å². The Morgan fingerprint density at radius 1 is 1.06 bits per heavy atom. The van der Waals surface area contributed by atoms with Crippen LogP contribution in [0.4, 0.5) is 24.5 Å². The van der Waals surface area contributed by atoms with Gasteiger partial charge < -0.3 is 20.0 Å². The number of hydrogen-bond donors (Lipinski definition) is 2. The van der Waals surface area contributed by atoms with Crippen molar-refractivity contribution >= 4 is 29.1 Å². The number of rotatable bonds is 6. The number of carbonyl (C=O) groups is 3. The molecule has 1 atom stereocenters. The van der Waals surface area contributed by atoms with Gasteiger partial charge in [0.2, 0.25) is 11.8 Å². The van der Waals surface area contributed by atoms with Crippen LogP contribution in [0.5, 0.6) is 0 Å². The van der Waals surface area contributed by atoms with E-state index in [4.69, 9.17) is 4.42 Å². The molecular formula is C24H20F3N3O4. The van der Waals surface area contributed by atoms with E-state index in [1.54, 1.807) is 36.4 Å². The minimum Gasteiger partial charge on any atom is -0.467 e. The number of nitrogens with one attached hydrogen (secondary N) is 2. The molecule has 0 spiro atoms. The van der Waals surface area contributed by atoms with Gasteiger partial charge in [0, 0.05) is 18.7 Å². The van der Waals surface area contributed by atoms with Gasteiger partial charge in [-0.25, -0.2) is 0 Å². The fraction of sp³-hybridized carbons (Fsp3) is 0.208. The molecule has 1 aliphatic heterocycles. The zero-order valence-corrected chi connectivity index (χ0v) is 17.8. The molecule has 2 aromatic carbocycles. The predicted octanol–water partition coefficient (Wildman–Crippen LogP) is 4.22. The number of anilines is 2. The number of nitrogens with zero attached hydrogens (tertiary/aromatic N) is 1. The summed E-state index contributed by atoms with van der Waals surface area (Å²) < 4.78 is 44.3. The van der Waals surface area contributed by atoms with E-state index in [0.29, 0.717) is 5.76 Å². The fourth-order valence-electron chi connectivity index (χ4n) is 3.68. The highest BCUT2D eigenvalue weighted by molar-refractivity contribution is 6.07. The van der Waals surface area contributed by atoms with Crippen molar-refractivity contribution in [1.29, 1.82) is 0 Å². The summed E-state index contributed by atoms with van der Waals surface area (Å²) in [5.41, 5.74) is -0.316. The molecule has 1 aromatic heterocycles. The van der Waals surface area contributed by atoms with Crippen molar-refractivity contribution in [2.45, 2.75) is 19.1 Å². The molecule has 0 radical (unpaired) electrons. The quantitative estimate of drug-likeness (QED) is 0.563. The third-order valence-corrected chi connectivity index (χ3v) is 5.41.